The number of pyridine rings is 1. The number of fused-ring (bicyclic) bond motifs is 1. The molecule has 1 aliphatic carbocycles. The third kappa shape index (κ3) is 0.692. The van der Waals surface area contributed by atoms with Crippen molar-refractivity contribution in [3.63, 3.8) is 0 Å². The van der Waals surface area contributed by atoms with Crippen molar-refractivity contribution in [2.75, 3.05) is 5.73 Å². The fraction of sp³-hybridized carbons (Fsp3) is 0.125. The summed E-state index contributed by atoms with van der Waals surface area (Å²) in [6.07, 6.45) is 6.80. The molecule has 0 spiro atoms. The van der Waals surface area contributed by atoms with E-state index in [0.29, 0.717) is 0 Å². The molecule has 0 fully saturated rings. The number of hydrogen-bond donors (Lipinski definition) is 1. The first kappa shape index (κ1) is 5.47. The minimum Gasteiger partial charge on any atom is -0.397 e. The summed E-state index contributed by atoms with van der Waals surface area (Å²) in [6.45, 7) is 0. The highest BCUT2D eigenvalue weighted by molar-refractivity contribution is 5.61. The first-order chi connectivity index (χ1) is 4.86. The van der Waals surface area contributed by atoms with E-state index < -0.39 is 0 Å². The van der Waals surface area contributed by atoms with E-state index in [1.54, 1.807) is 6.20 Å². The van der Waals surface area contributed by atoms with Crippen molar-refractivity contribution in [3.05, 3.63) is 29.6 Å². The SMILES string of the molecule is Nc1cnc2c(c1)C=CC2. The molecule has 1 aliphatic rings. The Morgan fingerprint density at radius 3 is 3.30 bits per heavy atom. The van der Waals surface area contributed by atoms with Crippen LogP contribution < -0.4 is 5.73 Å². The maximum absolute atomic E-state index is 5.53. The van der Waals surface area contributed by atoms with Crippen LogP contribution >= 0.6 is 0 Å². The molecule has 0 bridgehead atoms. The van der Waals surface area contributed by atoms with Gasteiger partial charge in [-0.25, -0.2) is 0 Å². The molecule has 2 nitrogen and oxygen atoms in total. The molecule has 0 saturated carbocycles. The zero-order chi connectivity index (χ0) is 6.97. The molecule has 50 valence electrons. The molecule has 0 atom stereocenters. The van der Waals surface area contributed by atoms with Crippen molar-refractivity contribution in [3.8, 4) is 0 Å². The van der Waals surface area contributed by atoms with Gasteiger partial charge in [-0.05, 0) is 11.6 Å². The summed E-state index contributed by atoms with van der Waals surface area (Å²) in [5.74, 6) is 0. The average Bonchev–Trinajstić information content (AvgIpc) is 2.33. The van der Waals surface area contributed by atoms with Crippen LogP contribution in [-0.4, -0.2) is 4.98 Å². The quantitative estimate of drug-likeness (QED) is 0.576. The van der Waals surface area contributed by atoms with E-state index in [4.69, 9.17) is 5.73 Å². The van der Waals surface area contributed by atoms with Crippen LogP contribution in [0.2, 0.25) is 0 Å². The van der Waals surface area contributed by atoms with Gasteiger partial charge in [-0.3, -0.25) is 4.98 Å². The monoisotopic (exact) mass is 132 g/mol. The summed E-state index contributed by atoms with van der Waals surface area (Å²) in [6, 6.07) is 1.95. The highest BCUT2D eigenvalue weighted by atomic mass is 14.7. The molecule has 10 heavy (non-hydrogen) atoms. The third-order valence-electron chi connectivity index (χ3n) is 1.63. The minimum absolute atomic E-state index is 0.741. The van der Waals surface area contributed by atoms with Gasteiger partial charge in [0.25, 0.3) is 0 Å². The molecular weight excluding hydrogens is 124 g/mol. The number of rotatable bonds is 0. The number of nitrogen functional groups attached to an aromatic ring is 1. The standard InChI is InChI=1S/C8H8N2/c9-7-4-6-2-1-3-8(6)10-5-7/h1-2,4-5H,3,9H2. The normalized spacial score (nSPS) is 13.6. The number of hydrogen-bond acceptors (Lipinski definition) is 2. The molecule has 2 N–H and O–H groups in total. The van der Waals surface area contributed by atoms with Gasteiger partial charge < -0.3 is 5.73 Å². The Labute approximate surface area is 59.4 Å². The molecule has 0 saturated heterocycles. The Bertz CT molecular complexity index is 289. The van der Waals surface area contributed by atoms with E-state index in [-0.39, 0.29) is 0 Å². The molecule has 1 aromatic rings. The van der Waals surface area contributed by atoms with Crippen LogP contribution in [-0.2, 0) is 6.42 Å². The van der Waals surface area contributed by atoms with Crippen LogP contribution in [0, 0.1) is 0 Å². The maximum Gasteiger partial charge on any atom is 0.0515 e. The summed E-state index contributed by atoms with van der Waals surface area (Å²) < 4.78 is 0. The Hall–Kier alpha value is -1.31. The van der Waals surface area contributed by atoms with Crippen molar-refractivity contribution in [2.45, 2.75) is 6.42 Å². The number of aromatic nitrogens is 1. The van der Waals surface area contributed by atoms with Gasteiger partial charge in [0.2, 0.25) is 0 Å². The summed E-state index contributed by atoms with van der Waals surface area (Å²) >= 11 is 0. The van der Waals surface area contributed by atoms with E-state index in [0.717, 1.165) is 17.8 Å². The van der Waals surface area contributed by atoms with Gasteiger partial charge in [0, 0.05) is 6.42 Å². The summed E-state index contributed by atoms with van der Waals surface area (Å²) in [4.78, 5) is 4.17. The number of nitrogens with two attached hydrogens (primary N) is 1. The zero-order valence-electron chi connectivity index (χ0n) is 5.54. The van der Waals surface area contributed by atoms with Gasteiger partial charge in [0.15, 0.2) is 0 Å². The molecule has 0 aromatic carbocycles. The van der Waals surface area contributed by atoms with Gasteiger partial charge in [-0.1, -0.05) is 12.2 Å². The molecule has 1 heterocycles. The maximum atomic E-state index is 5.53. The van der Waals surface area contributed by atoms with Gasteiger partial charge in [-0.2, -0.15) is 0 Å². The molecule has 2 rings (SSSR count). The lowest BCUT2D eigenvalue weighted by Crippen LogP contribution is -1.91. The van der Waals surface area contributed by atoms with Crippen LogP contribution in [0.4, 0.5) is 5.69 Å². The summed E-state index contributed by atoms with van der Waals surface area (Å²) in [5.41, 5.74) is 8.58. The molecular formula is C8H8N2. The van der Waals surface area contributed by atoms with Crippen LogP contribution in [0.15, 0.2) is 18.3 Å². The highest BCUT2D eigenvalue weighted by Crippen LogP contribution is 2.18. The Kier molecular flexibility index (Phi) is 1.01. The second kappa shape index (κ2) is 1.84. The highest BCUT2D eigenvalue weighted by Gasteiger charge is 2.04. The van der Waals surface area contributed by atoms with Gasteiger partial charge in [-0.15, -0.1) is 0 Å². The van der Waals surface area contributed by atoms with E-state index >= 15 is 0 Å². The third-order valence-corrected chi connectivity index (χ3v) is 1.63. The van der Waals surface area contributed by atoms with Crippen LogP contribution in [0.5, 0.6) is 0 Å². The second-order valence-corrected chi connectivity index (χ2v) is 2.41. The van der Waals surface area contributed by atoms with E-state index in [2.05, 4.69) is 17.1 Å². The lowest BCUT2D eigenvalue weighted by molar-refractivity contribution is 1.13. The summed E-state index contributed by atoms with van der Waals surface area (Å²) in [5, 5.41) is 0. The topological polar surface area (TPSA) is 38.9 Å². The molecule has 0 unspecified atom stereocenters. The number of nitrogens with zero attached hydrogens (tertiary/aromatic N) is 1. The molecule has 0 radical (unpaired) electrons. The Morgan fingerprint density at radius 1 is 1.50 bits per heavy atom. The fourth-order valence-electron chi connectivity index (χ4n) is 1.14. The molecule has 0 amide bonds. The van der Waals surface area contributed by atoms with E-state index in [1.807, 2.05) is 6.07 Å². The molecule has 1 aromatic heterocycles. The first-order valence-electron chi connectivity index (χ1n) is 3.27. The van der Waals surface area contributed by atoms with Crippen LogP contribution in [0.25, 0.3) is 6.08 Å². The molecule has 2 heteroatoms. The number of allylic oxidation sites excluding steroid dienone is 1. The Balaban J connectivity index is 2.60. The minimum atomic E-state index is 0.741. The lowest BCUT2D eigenvalue weighted by atomic mass is 10.2. The van der Waals surface area contributed by atoms with Crippen molar-refractivity contribution < 1.29 is 0 Å². The van der Waals surface area contributed by atoms with Gasteiger partial charge >= 0.3 is 0 Å². The van der Waals surface area contributed by atoms with E-state index in [9.17, 15) is 0 Å². The predicted molar refractivity (Wildman–Crippen MR) is 41.4 cm³/mol. The van der Waals surface area contributed by atoms with Crippen molar-refractivity contribution in [2.24, 2.45) is 0 Å². The van der Waals surface area contributed by atoms with Crippen molar-refractivity contribution in [1.29, 1.82) is 0 Å². The fourth-order valence-corrected chi connectivity index (χ4v) is 1.14. The zero-order valence-corrected chi connectivity index (χ0v) is 5.54. The summed E-state index contributed by atoms with van der Waals surface area (Å²) in [7, 11) is 0. The van der Waals surface area contributed by atoms with Crippen molar-refractivity contribution in [1.82, 2.24) is 4.98 Å². The van der Waals surface area contributed by atoms with Crippen LogP contribution in [0.1, 0.15) is 11.3 Å². The average molecular weight is 132 g/mol. The Morgan fingerprint density at radius 2 is 2.40 bits per heavy atom. The number of anilines is 1. The molecule has 0 aliphatic heterocycles. The first-order valence-corrected chi connectivity index (χ1v) is 3.27. The van der Waals surface area contributed by atoms with Gasteiger partial charge in [0.05, 0.1) is 17.6 Å². The predicted octanol–water partition coefficient (Wildman–Crippen LogP) is 1.23. The van der Waals surface area contributed by atoms with E-state index in [1.165, 1.54) is 5.56 Å². The van der Waals surface area contributed by atoms with Gasteiger partial charge in [0.1, 0.15) is 0 Å². The van der Waals surface area contributed by atoms with Crippen molar-refractivity contribution >= 4 is 11.8 Å². The second-order valence-electron chi connectivity index (χ2n) is 2.41. The van der Waals surface area contributed by atoms with Crippen LogP contribution in [0.3, 0.4) is 0 Å². The largest absolute Gasteiger partial charge is 0.397 e. The smallest absolute Gasteiger partial charge is 0.0515 e. The lowest BCUT2D eigenvalue weighted by Gasteiger charge is -1.96.